The van der Waals surface area contributed by atoms with Crippen molar-refractivity contribution in [2.24, 2.45) is 0 Å². The van der Waals surface area contributed by atoms with E-state index >= 15 is 0 Å². The van der Waals surface area contributed by atoms with Gasteiger partial charge in [0.15, 0.2) is 0 Å². The van der Waals surface area contributed by atoms with Crippen molar-refractivity contribution in [3.63, 3.8) is 0 Å². The minimum atomic E-state index is -0.918. The summed E-state index contributed by atoms with van der Waals surface area (Å²) in [6.45, 7) is 3.38. The third kappa shape index (κ3) is 3.03. The Bertz CT molecular complexity index is 688. The van der Waals surface area contributed by atoms with Crippen LogP contribution < -0.4 is 10.2 Å². The summed E-state index contributed by atoms with van der Waals surface area (Å²) in [5.41, 5.74) is 0.749. The first-order valence-corrected chi connectivity index (χ1v) is 6.59. The first kappa shape index (κ1) is 15.8. The van der Waals surface area contributed by atoms with Gasteiger partial charge in [-0.3, -0.25) is 4.79 Å². The zero-order valence-electron chi connectivity index (χ0n) is 12.7. The normalized spacial score (nSPS) is 10.5. The average molecular weight is 306 g/mol. The van der Waals surface area contributed by atoms with Crippen molar-refractivity contribution >= 4 is 17.5 Å². The number of amides is 1. The van der Waals surface area contributed by atoms with Gasteiger partial charge in [0, 0.05) is 14.1 Å². The number of rotatable bonds is 3. The molecule has 1 N–H and O–H groups in total. The van der Waals surface area contributed by atoms with Crippen molar-refractivity contribution in [1.29, 1.82) is 0 Å². The lowest BCUT2D eigenvalue weighted by molar-refractivity contribution is 0.101. The molecule has 0 saturated carbocycles. The molecule has 0 bridgehead atoms. The van der Waals surface area contributed by atoms with Crippen LogP contribution in [0, 0.1) is 25.5 Å². The van der Waals surface area contributed by atoms with E-state index in [0.29, 0.717) is 23.0 Å². The molecule has 0 spiro atoms. The van der Waals surface area contributed by atoms with E-state index in [-0.39, 0.29) is 0 Å². The number of halogens is 2. The van der Waals surface area contributed by atoms with Crippen LogP contribution in [0.3, 0.4) is 0 Å². The Morgan fingerprint density at radius 3 is 2.05 bits per heavy atom. The molecule has 0 unspecified atom stereocenters. The predicted molar refractivity (Wildman–Crippen MR) is 80.1 cm³/mol. The van der Waals surface area contributed by atoms with E-state index in [9.17, 15) is 13.6 Å². The van der Waals surface area contributed by atoms with Crippen LogP contribution in [0.15, 0.2) is 18.2 Å². The molecule has 0 aliphatic heterocycles. The highest BCUT2D eigenvalue weighted by atomic mass is 19.1. The van der Waals surface area contributed by atoms with Crippen molar-refractivity contribution in [3.8, 4) is 0 Å². The Hall–Kier alpha value is -2.57. The Morgan fingerprint density at radius 1 is 1.09 bits per heavy atom. The van der Waals surface area contributed by atoms with Crippen LogP contribution in [0.4, 0.5) is 20.4 Å². The maximum atomic E-state index is 13.6. The third-order valence-electron chi connectivity index (χ3n) is 3.09. The van der Waals surface area contributed by atoms with Crippen LogP contribution >= 0.6 is 0 Å². The molecule has 2 aromatic rings. The highest BCUT2D eigenvalue weighted by Crippen LogP contribution is 2.21. The molecule has 1 heterocycles. The van der Waals surface area contributed by atoms with Crippen LogP contribution in [0.5, 0.6) is 0 Å². The van der Waals surface area contributed by atoms with Gasteiger partial charge in [0.05, 0.1) is 17.1 Å². The largest absolute Gasteiger partial charge is 0.347 e. The molecule has 0 saturated heterocycles. The molecule has 116 valence electrons. The van der Waals surface area contributed by atoms with Crippen molar-refractivity contribution in [2.75, 3.05) is 24.3 Å². The number of aryl methyl sites for hydroxylation is 2. The highest BCUT2D eigenvalue weighted by molar-refractivity contribution is 6.05. The molecule has 22 heavy (non-hydrogen) atoms. The maximum Gasteiger partial charge on any atom is 0.261 e. The molecular formula is C15H16F2N4O. The molecule has 0 atom stereocenters. The van der Waals surface area contributed by atoms with Gasteiger partial charge in [-0.05, 0) is 26.0 Å². The molecular weight excluding hydrogens is 290 g/mol. The second-order valence-electron chi connectivity index (χ2n) is 5.01. The monoisotopic (exact) mass is 306 g/mol. The summed E-state index contributed by atoms with van der Waals surface area (Å²) in [5, 5.41) is 2.48. The number of carbonyl (C=O) groups is 1. The predicted octanol–water partition coefficient (Wildman–Crippen LogP) is 2.69. The molecule has 0 fully saturated rings. The second kappa shape index (κ2) is 6.05. The number of benzene rings is 1. The molecule has 2 rings (SSSR count). The summed E-state index contributed by atoms with van der Waals surface area (Å²) in [4.78, 5) is 22.3. The van der Waals surface area contributed by atoms with E-state index in [4.69, 9.17) is 0 Å². The summed E-state index contributed by atoms with van der Waals surface area (Å²) in [6, 6.07) is 3.26. The van der Waals surface area contributed by atoms with Crippen LogP contribution in [0.25, 0.3) is 0 Å². The standard InChI is InChI=1S/C15H16F2N4O/c1-8-13(9(2)19-15(18-8)21(3)4)20-14(22)12-10(16)6-5-7-11(12)17/h5-7H,1-4H3,(H,20,22). The molecule has 1 aromatic carbocycles. The first-order valence-electron chi connectivity index (χ1n) is 6.59. The van der Waals surface area contributed by atoms with E-state index < -0.39 is 23.1 Å². The SMILES string of the molecule is Cc1nc(N(C)C)nc(C)c1NC(=O)c1c(F)cccc1F. The summed E-state index contributed by atoms with van der Waals surface area (Å²) >= 11 is 0. The lowest BCUT2D eigenvalue weighted by Crippen LogP contribution is -2.20. The molecule has 0 aliphatic rings. The van der Waals surface area contributed by atoms with Gasteiger partial charge in [0.2, 0.25) is 5.95 Å². The topological polar surface area (TPSA) is 58.1 Å². The van der Waals surface area contributed by atoms with E-state index in [1.165, 1.54) is 6.07 Å². The summed E-state index contributed by atoms with van der Waals surface area (Å²) in [7, 11) is 3.59. The molecule has 5 nitrogen and oxygen atoms in total. The lowest BCUT2D eigenvalue weighted by Gasteiger charge is -2.16. The van der Waals surface area contributed by atoms with E-state index in [1.54, 1.807) is 32.8 Å². The average Bonchev–Trinajstić information content (AvgIpc) is 2.42. The van der Waals surface area contributed by atoms with Crippen molar-refractivity contribution < 1.29 is 13.6 Å². The molecule has 0 radical (unpaired) electrons. The second-order valence-corrected chi connectivity index (χ2v) is 5.01. The Morgan fingerprint density at radius 2 is 1.59 bits per heavy atom. The molecule has 1 amide bonds. The number of nitrogens with zero attached hydrogens (tertiary/aromatic N) is 3. The van der Waals surface area contributed by atoms with Crippen molar-refractivity contribution in [2.45, 2.75) is 13.8 Å². The Kier molecular flexibility index (Phi) is 4.35. The van der Waals surface area contributed by atoms with Gasteiger partial charge in [-0.1, -0.05) is 6.07 Å². The van der Waals surface area contributed by atoms with Crippen molar-refractivity contribution in [1.82, 2.24) is 9.97 Å². The minimum absolute atomic E-state index is 0.346. The van der Waals surface area contributed by atoms with Crippen molar-refractivity contribution in [3.05, 3.63) is 46.8 Å². The van der Waals surface area contributed by atoms with Gasteiger partial charge in [-0.15, -0.1) is 0 Å². The van der Waals surface area contributed by atoms with Crippen LogP contribution in [-0.4, -0.2) is 30.0 Å². The molecule has 7 heteroatoms. The van der Waals surface area contributed by atoms with Gasteiger partial charge in [-0.25, -0.2) is 18.7 Å². The maximum absolute atomic E-state index is 13.6. The van der Waals surface area contributed by atoms with Gasteiger partial charge < -0.3 is 10.2 Å². The number of nitrogens with one attached hydrogen (secondary N) is 1. The van der Waals surface area contributed by atoms with E-state index in [1.807, 2.05) is 0 Å². The molecule has 1 aromatic heterocycles. The zero-order valence-corrected chi connectivity index (χ0v) is 12.7. The fraction of sp³-hybridized carbons (Fsp3) is 0.267. The number of anilines is 2. The number of aromatic nitrogens is 2. The van der Waals surface area contributed by atoms with Crippen LogP contribution in [-0.2, 0) is 0 Å². The quantitative estimate of drug-likeness (QED) is 0.947. The number of carbonyl (C=O) groups excluding carboxylic acids is 1. The van der Waals surface area contributed by atoms with E-state index in [2.05, 4.69) is 15.3 Å². The smallest absolute Gasteiger partial charge is 0.261 e. The van der Waals surface area contributed by atoms with Crippen LogP contribution in [0.2, 0.25) is 0 Å². The summed E-state index contributed by atoms with van der Waals surface area (Å²) in [5.74, 6) is -2.22. The fourth-order valence-electron chi connectivity index (χ4n) is 1.97. The first-order chi connectivity index (χ1) is 10.3. The summed E-state index contributed by atoms with van der Waals surface area (Å²) < 4.78 is 27.3. The van der Waals surface area contributed by atoms with Gasteiger partial charge in [0.1, 0.15) is 17.2 Å². The summed E-state index contributed by atoms with van der Waals surface area (Å²) in [6.07, 6.45) is 0. The van der Waals surface area contributed by atoms with Gasteiger partial charge in [-0.2, -0.15) is 0 Å². The Labute approximate surface area is 127 Å². The number of hydrogen-bond donors (Lipinski definition) is 1. The van der Waals surface area contributed by atoms with Gasteiger partial charge in [0.25, 0.3) is 5.91 Å². The lowest BCUT2D eigenvalue weighted by atomic mass is 10.1. The minimum Gasteiger partial charge on any atom is -0.347 e. The van der Waals surface area contributed by atoms with E-state index in [0.717, 1.165) is 12.1 Å². The zero-order chi connectivity index (χ0) is 16.4. The number of hydrogen-bond acceptors (Lipinski definition) is 4. The van der Waals surface area contributed by atoms with Gasteiger partial charge >= 0.3 is 0 Å². The third-order valence-corrected chi connectivity index (χ3v) is 3.09. The highest BCUT2D eigenvalue weighted by Gasteiger charge is 2.19. The fourth-order valence-corrected chi connectivity index (χ4v) is 1.97. The Balaban J connectivity index is 2.37. The molecule has 0 aliphatic carbocycles. The van der Waals surface area contributed by atoms with Crippen LogP contribution in [0.1, 0.15) is 21.7 Å².